The molecule has 0 aromatic carbocycles. The van der Waals surface area contributed by atoms with Crippen LogP contribution in [-0.2, 0) is 65.4 Å². The van der Waals surface area contributed by atoms with Gasteiger partial charge in [0.15, 0.2) is 12.2 Å². The summed E-state index contributed by atoms with van der Waals surface area (Å²) in [5, 5.41) is 10.6. The van der Waals surface area contributed by atoms with Crippen molar-refractivity contribution in [2.75, 3.05) is 39.6 Å². The lowest BCUT2D eigenvalue weighted by molar-refractivity contribution is -0.161. The third-order valence-electron chi connectivity index (χ3n) is 15.5. The zero-order valence-electron chi connectivity index (χ0n) is 60.3. The topological polar surface area (TPSA) is 237 Å². The number of esters is 4. The number of allylic oxidation sites excluding steroid dienone is 16. The number of rotatable bonds is 70. The summed E-state index contributed by atoms with van der Waals surface area (Å²) >= 11 is 0. The van der Waals surface area contributed by atoms with E-state index in [4.69, 9.17) is 37.0 Å². The quantitative estimate of drug-likeness (QED) is 0.0169. The van der Waals surface area contributed by atoms with Gasteiger partial charge in [0.1, 0.15) is 19.3 Å². The second-order valence-electron chi connectivity index (χ2n) is 24.8. The fourth-order valence-corrected chi connectivity index (χ4v) is 11.4. The van der Waals surface area contributed by atoms with E-state index < -0.39 is 97.5 Å². The second-order valence-corrected chi connectivity index (χ2v) is 27.7. The van der Waals surface area contributed by atoms with E-state index in [1.165, 1.54) is 64.2 Å². The van der Waals surface area contributed by atoms with Crippen LogP contribution < -0.4 is 0 Å². The lowest BCUT2D eigenvalue weighted by atomic mass is 10.1. The number of carbonyl (C=O) groups is 4. The van der Waals surface area contributed by atoms with Gasteiger partial charge in [-0.3, -0.25) is 37.3 Å². The zero-order chi connectivity index (χ0) is 70.4. The first kappa shape index (κ1) is 92.0. The van der Waals surface area contributed by atoms with Gasteiger partial charge < -0.3 is 33.8 Å². The van der Waals surface area contributed by atoms with Crippen molar-refractivity contribution >= 4 is 39.5 Å². The largest absolute Gasteiger partial charge is 0.472 e. The van der Waals surface area contributed by atoms with Gasteiger partial charge in [-0.15, -0.1) is 0 Å². The van der Waals surface area contributed by atoms with E-state index in [0.717, 1.165) is 167 Å². The average Bonchev–Trinajstić information content (AvgIpc) is 1.84. The Balaban J connectivity index is 5.34. The fraction of sp³-hybridized carbons (Fsp3) is 0.740. The predicted octanol–water partition coefficient (Wildman–Crippen LogP) is 21.2. The standard InChI is InChI=1S/C77H134O17P2/c1-5-9-13-17-21-25-29-32-34-35-37-40-43-46-50-54-58-62-75(80)87-67-72(93-76(81)63-59-55-51-47-41-28-24-20-16-12-8-4)69-91-95(83,84)89-65-71(78)66-90-96(85,86)92-70-73(94-77(82)64-60-56-52-48-44-38-31-27-23-19-15-11-7-3)68-88-74(79)61-57-53-49-45-42-39-36-33-30-26-22-18-14-10-6-2/h9-10,13-14,21-22,25-27,31-34,36,42,45,71-73,78H,5-8,11-12,15-20,23-24,28-30,35,37-41,43-44,46-70H2,1-4H3,(H,83,84)(H,85,86)/b13-9-,14-10-,25-21-,26-22-,31-27-,34-32-,36-33-,45-42-. The Morgan fingerprint density at radius 2 is 0.542 bits per heavy atom. The number of aliphatic hydroxyl groups is 1. The first-order chi connectivity index (χ1) is 46.7. The van der Waals surface area contributed by atoms with Crippen LogP contribution in [0.4, 0.5) is 0 Å². The normalized spacial score (nSPS) is 14.5. The minimum atomic E-state index is -4.98. The number of hydrogen-bond donors (Lipinski definition) is 3. The van der Waals surface area contributed by atoms with Gasteiger partial charge in [-0.2, -0.15) is 0 Å². The highest BCUT2D eigenvalue weighted by Crippen LogP contribution is 2.45. The number of hydrogen-bond acceptors (Lipinski definition) is 15. The molecule has 0 spiro atoms. The van der Waals surface area contributed by atoms with Gasteiger partial charge >= 0.3 is 39.5 Å². The van der Waals surface area contributed by atoms with Crippen LogP contribution in [0.15, 0.2) is 97.2 Å². The van der Waals surface area contributed by atoms with Gasteiger partial charge in [0.05, 0.1) is 26.4 Å². The third-order valence-corrected chi connectivity index (χ3v) is 17.4. The number of phosphoric acid groups is 2. The molecule has 554 valence electrons. The number of aliphatic hydroxyl groups excluding tert-OH is 1. The molecule has 3 N–H and O–H groups in total. The van der Waals surface area contributed by atoms with Crippen LogP contribution in [-0.4, -0.2) is 96.7 Å². The number of carbonyl (C=O) groups excluding carboxylic acids is 4. The van der Waals surface area contributed by atoms with Crippen LogP contribution in [0.2, 0.25) is 0 Å². The van der Waals surface area contributed by atoms with Gasteiger partial charge in [-0.1, -0.05) is 260 Å². The maximum Gasteiger partial charge on any atom is 0.472 e. The molecule has 0 amide bonds. The molecule has 0 aliphatic rings. The summed E-state index contributed by atoms with van der Waals surface area (Å²) in [5.74, 6) is -2.23. The van der Waals surface area contributed by atoms with Crippen LogP contribution in [0, 0.1) is 0 Å². The lowest BCUT2D eigenvalue weighted by Crippen LogP contribution is -2.30. The highest BCUT2D eigenvalue weighted by Gasteiger charge is 2.30. The Kier molecular flexibility index (Phi) is 66.6. The molecule has 0 rings (SSSR count). The summed E-state index contributed by atoms with van der Waals surface area (Å²) < 4.78 is 68.3. The van der Waals surface area contributed by atoms with Crippen molar-refractivity contribution in [3.8, 4) is 0 Å². The van der Waals surface area contributed by atoms with Crippen molar-refractivity contribution in [2.24, 2.45) is 0 Å². The van der Waals surface area contributed by atoms with Crippen LogP contribution in [0.1, 0.15) is 310 Å². The van der Waals surface area contributed by atoms with Gasteiger partial charge in [-0.25, -0.2) is 9.13 Å². The van der Waals surface area contributed by atoms with Gasteiger partial charge in [0, 0.05) is 25.7 Å². The molecule has 0 heterocycles. The summed E-state index contributed by atoms with van der Waals surface area (Å²) in [6, 6.07) is 0. The lowest BCUT2D eigenvalue weighted by Gasteiger charge is -2.21. The van der Waals surface area contributed by atoms with Crippen molar-refractivity contribution < 1.29 is 80.2 Å². The van der Waals surface area contributed by atoms with E-state index in [1.807, 2.05) is 0 Å². The Morgan fingerprint density at radius 3 is 0.875 bits per heavy atom. The molecular formula is C77H134O17P2. The smallest absolute Gasteiger partial charge is 0.462 e. The zero-order valence-corrected chi connectivity index (χ0v) is 62.1. The molecule has 0 fully saturated rings. The van der Waals surface area contributed by atoms with E-state index in [2.05, 4.69) is 125 Å². The molecule has 5 atom stereocenters. The van der Waals surface area contributed by atoms with Crippen molar-refractivity contribution in [1.29, 1.82) is 0 Å². The minimum absolute atomic E-state index is 0.0762. The molecule has 0 aliphatic carbocycles. The molecule has 0 aromatic rings. The third kappa shape index (κ3) is 68.5. The average molecular weight is 1390 g/mol. The summed E-state index contributed by atoms with van der Waals surface area (Å²) in [6.07, 6.45) is 71.2. The number of phosphoric ester groups is 2. The highest BCUT2D eigenvalue weighted by molar-refractivity contribution is 7.47. The van der Waals surface area contributed by atoms with Crippen LogP contribution in [0.25, 0.3) is 0 Å². The molecule has 0 bridgehead atoms. The Morgan fingerprint density at radius 1 is 0.302 bits per heavy atom. The summed E-state index contributed by atoms with van der Waals surface area (Å²) in [7, 11) is -9.95. The Labute approximate surface area is 582 Å². The molecule has 5 unspecified atom stereocenters. The van der Waals surface area contributed by atoms with Crippen molar-refractivity contribution in [3.05, 3.63) is 97.2 Å². The van der Waals surface area contributed by atoms with E-state index in [9.17, 15) is 43.2 Å². The molecule has 17 nitrogen and oxygen atoms in total. The molecule has 0 radical (unpaired) electrons. The number of ether oxygens (including phenoxy) is 4. The molecule has 96 heavy (non-hydrogen) atoms. The fourth-order valence-electron chi connectivity index (χ4n) is 9.87. The first-order valence-corrected chi connectivity index (χ1v) is 40.5. The van der Waals surface area contributed by atoms with Crippen LogP contribution >= 0.6 is 15.6 Å². The van der Waals surface area contributed by atoms with E-state index in [-0.39, 0.29) is 25.7 Å². The monoisotopic (exact) mass is 1390 g/mol. The molecule has 0 aliphatic heterocycles. The van der Waals surface area contributed by atoms with Crippen LogP contribution in [0.3, 0.4) is 0 Å². The van der Waals surface area contributed by atoms with E-state index in [1.54, 1.807) is 0 Å². The molecular weight excluding hydrogens is 1260 g/mol. The summed E-state index contributed by atoms with van der Waals surface area (Å²) in [4.78, 5) is 72.7. The minimum Gasteiger partial charge on any atom is -0.462 e. The Bertz CT molecular complexity index is 2200. The van der Waals surface area contributed by atoms with Gasteiger partial charge in [0.25, 0.3) is 0 Å². The highest BCUT2D eigenvalue weighted by atomic mass is 31.2. The summed E-state index contributed by atoms with van der Waals surface area (Å²) in [5.41, 5.74) is 0. The van der Waals surface area contributed by atoms with Crippen molar-refractivity contribution in [1.82, 2.24) is 0 Å². The predicted molar refractivity (Wildman–Crippen MR) is 390 cm³/mol. The van der Waals surface area contributed by atoms with E-state index >= 15 is 0 Å². The Hall–Kier alpha value is -4.02. The van der Waals surface area contributed by atoms with Crippen molar-refractivity contribution in [3.63, 3.8) is 0 Å². The summed E-state index contributed by atoms with van der Waals surface area (Å²) in [6.45, 7) is 4.57. The first-order valence-electron chi connectivity index (χ1n) is 37.5. The van der Waals surface area contributed by atoms with Gasteiger partial charge in [-0.05, 0) is 122 Å². The molecule has 0 aromatic heterocycles. The number of unbranched alkanes of at least 4 members (excludes halogenated alkanes) is 28. The maximum atomic E-state index is 13.0. The molecule has 0 saturated carbocycles. The molecule has 0 saturated heterocycles. The SMILES string of the molecule is CC/C=C\C/C=C\C/C=C\C/C=C\CCCCC(=O)OCC(COP(=O)(O)OCC(O)COP(=O)(O)OCC(COC(=O)CCCCCCCCC/C=C\C/C=C\C/C=C\CC)OC(=O)CCCCCCCCCCCCC)OC(=O)CCCCCCC/C=C\CCCCCC. The molecule has 19 heteroatoms. The van der Waals surface area contributed by atoms with Crippen LogP contribution in [0.5, 0.6) is 0 Å². The second kappa shape index (κ2) is 69.5. The van der Waals surface area contributed by atoms with Crippen molar-refractivity contribution in [2.45, 2.75) is 329 Å². The maximum absolute atomic E-state index is 13.0. The van der Waals surface area contributed by atoms with Gasteiger partial charge in [0.2, 0.25) is 0 Å². The van der Waals surface area contributed by atoms with E-state index in [0.29, 0.717) is 25.7 Å².